The van der Waals surface area contributed by atoms with Crippen molar-refractivity contribution in [2.45, 2.75) is 52.1 Å². The van der Waals surface area contributed by atoms with Crippen LogP contribution >= 0.6 is 0 Å². The summed E-state index contributed by atoms with van der Waals surface area (Å²) in [6, 6.07) is 1.94. The number of hydrogen-bond donors (Lipinski definition) is 1. The maximum absolute atomic E-state index is 12.9. The number of aromatic nitrogens is 1. The van der Waals surface area contributed by atoms with Crippen LogP contribution < -0.4 is 5.32 Å². The first-order valence-corrected chi connectivity index (χ1v) is 7.52. The van der Waals surface area contributed by atoms with Gasteiger partial charge in [-0.1, -0.05) is 13.8 Å². The number of nitrogens with one attached hydrogen (secondary N) is 1. The lowest BCUT2D eigenvalue weighted by molar-refractivity contribution is -0.139. The fourth-order valence-electron chi connectivity index (χ4n) is 2.77. The molecular formula is C16H23N3O2. The van der Waals surface area contributed by atoms with Gasteiger partial charge in [0.2, 0.25) is 11.8 Å². The Morgan fingerprint density at radius 1 is 1.33 bits per heavy atom. The van der Waals surface area contributed by atoms with Crippen molar-refractivity contribution in [1.29, 1.82) is 0 Å². The zero-order chi connectivity index (χ0) is 15.5. The van der Waals surface area contributed by atoms with E-state index in [0.29, 0.717) is 32.4 Å². The van der Waals surface area contributed by atoms with Crippen molar-refractivity contribution >= 4 is 11.8 Å². The molecule has 1 aromatic rings. The third-order valence-corrected chi connectivity index (χ3v) is 4.40. The lowest BCUT2D eigenvalue weighted by Crippen LogP contribution is -2.56. The minimum Gasteiger partial charge on any atom is -0.342 e. The molecule has 2 rings (SSSR count). The molecule has 0 aromatic carbocycles. The van der Waals surface area contributed by atoms with Crippen LogP contribution in [0.2, 0.25) is 0 Å². The normalized spacial score (nSPS) is 18.3. The number of carbonyl (C=O) groups excluding carboxylic acids is 2. The molecule has 2 heterocycles. The van der Waals surface area contributed by atoms with Crippen LogP contribution in [0.3, 0.4) is 0 Å². The molecule has 114 valence electrons. The Morgan fingerprint density at radius 2 is 2.05 bits per heavy atom. The summed E-state index contributed by atoms with van der Waals surface area (Å²) in [5, 5.41) is 2.93. The molecule has 0 saturated carbocycles. The van der Waals surface area contributed by atoms with Gasteiger partial charge >= 0.3 is 0 Å². The van der Waals surface area contributed by atoms with Crippen LogP contribution in [0.25, 0.3) is 0 Å². The van der Waals surface area contributed by atoms with Gasteiger partial charge in [-0.05, 0) is 37.0 Å². The van der Waals surface area contributed by atoms with Crippen LogP contribution in [0.15, 0.2) is 18.5 Å². The first-order valence-electron chi connectivity index (χ1n) is 7.52. The van der Waals surface area contributed by atoms with E-state index < -0.39 is 5.54 Å². The predicted molar refractivity (Wildman–Crippen MR) is 80.5 cm³/mol. The lowest BCUT2D eigenvalue weighted by Gasteiger charge is -2.33. The van der Waals surface area contributed by atoms with Gasteiger partial charge in [0.25, 0.3) is 0 Å². The van der Waals surface area contributed by atoms with Crippen LogP contribution in [0.4, 0.5) is 0 Å². The molecule has 0 aliphatic carbocycles. The SMILES string of the molecule is CCC1(CC)NC(=O)CCN(Cc2cnccc2C)C1=O. The second kappa shape index (κ2) is 6.24. The first kappa shape index (κ1) is 15.5. The van der Waals surface area contributed by atoms with Gasteiger partial charge in [-0.25, -0.2) is 0 Å². The highest BCUT2D eigenvalue weighted by Gasteiger charge is 2.41. The van der Waals surface area contributed by atoms with E-state index >= 15 is 0 Å². The predicted octanol–water partition coefficient (Wildman–Crippen LogP) is 1.80. The Morgan fingerprint density at radius 3 is 2.67 bits per heavy atom. The van der Waals surface area contributed by atoms with Crippen molar-refractivity contribution < 1.29 is 9.59 Å². The van der Waals surface area contributed by atoms with Gasteiger partial charge in [0.15, 0.2) is 0 Å². The fourth-order valence-corrected chi connectivity index (χ4v) is 2.77. The topological polar surface area (TPSA) is 62.3 Å². The zero-order valence-electron chi connectivity index (χ0n) is 13.0. The summed E-state index contributed by atoms with van der Waals surface area (Å²) in [6.45, 7) is 6.87. The number of pyridine rings is 1. The molecule has 1 aliphatic heterocycles. The van der Waals surface area contributed by atoms with E-state index in [1.54, 1.807) is 17.3 Å². The Kier molecular flexibility index (Phi) is 4.60. The van der Waals surface area contributed by atoms with E-state index in [4.69, 9.17) is 0 Å². The van der Waals surface area contributed by atoms with Crippen molar-refractivity contribution in [3.63, 3.8) is 0 Å². The van der Waals surface area contributed by atoms with Gasteiger partial charge in [0.05, 0.1) is 0 Å². The quantitative estimate of drug-likeness (QED) is 0.919. The summed E-state index contributed by atoms with van der Waals surface area (Å²) in [5.41, 5.74) is 1.38. The number of rotatable bonds is 4. The summed E-state index contributed by atoms with van der Waals surface area (Å²) < 4.78 is 0. The van der Waals surface area contributed by atoms with Crippen molar-refractivity contribution in [3.8, 4) is 0 Å². The fraction of sp³-hybridized carbons (Fsp3) is 0.562. The Bertz CT molecular complexity index is 538. The van der Waals surface area contributed by atoms with Gasteiger partial charge in [0, 0.05) is 31.9 Å². The largest absolute Gasteiger partial charge is 0.342 e. The van der Waals surface area contributed by atoms with Crippen LogP contribution in [0, 0.1) is 6.92 Å². The number of aryl methyl sites for hydroxylation is 1. The van der Waals surface area contributed by atoms with Gasteiger partial charge in [-0.3, -0.25) is 14.6 Å². The summed E-state index contributed by atoms with van der Waals surface area (Å²) in [7, 11) is 0. The minimum atomic E-state index is -0.760. The molecule has 0 spiro atoms. The van der Waals surface area contributed by atoms with E-state index in [2.05, 4.69) is 10.3 Å². The number of amides is 2. The van der Waals surface area contributed by atoms with Crippen molar-refractivity contribution in [3.05, 3.63) is 29.6 Å². The van der Waals surface area contributed by atoms with E-state index in [-0.39, 0.29) is 11.8 Å². The lowest BCUT2D eigenvalue weighted by atomic mass is 9.91. The molecule has 0 radical (unpaired) electrons. The Labute approximate surface area is 125 Å². The molecule has 1 aromatic heterocycles. The molecule has 5 heteroatoms. The van der Waals surface area contributed by atoms with Crippen molar-refractivity contribution in [1.82, 2.24) is 15.2 Å². The number of nitrogens with zero attached hydrogens (tertiary/aromatic N) is 2. The summed E-state index contributed by atoms with van der Waals surface area (Å²) in [4.78, 5) is 30.7. The third-order valence-electron chi connectivity index (χ3n) is 4.40. The molecule has 1 fully saturated rings. The molecule has 2 amide bonds. The van der Waals surface area contributed by atoms with Crippen molar-refractivity contribution in [2.75, 3.05) is 6.54 Å². The Balaban J connectivity index is 2.28. The number of carbonyl (C=O) groups is 2. The highest BCUT2D eigenvalue weighted by molar-refractivity contribution is 5.93. The molecule has 5 nitrogen and oxygen atoms in total. The minimum absolute atomic E-state index is 0.0154. The average Bonchev–Trinajstić information content (AvgIpc) is 2.61. The second-order valence-electron chi connectivity index (χ2n) is 5.62. The van der Waals surface area contributed by atoms with Crippen LogP contribution in [-0.4, -0.2) is 33.8 Å². The molecule has 21 heavy (non-hydrogen) atoms. The maximum Gasteiger partial charge on any atom is 0.248 e. The number of hydrogen-bond acceptors (Lipinski definition) is 3. The summed E-state index contributed by atoms with van der Waals surface area (Å²) >= 11 is 0. The first-order chi connectivity index (χ1) is 10.0. The van der Waals surface area contributed by atoms with Crippen LogP contribution in [0.5, 0.6) is 0 Å². The molecule has 1 saturated heterocycles. The van der Waals surface area contributed by atoms with Gasteiger partial charge < -0.3 is 10.2 Å². The molecular weight excluding hydrogens is 266 g/mol. The van der Waals surface area contributed by atoms with Gasteiger partial charge in [-0.15, -0.1) is 0 Å². The van der Waals surface area contributed by atoms with Crippen LogP contribution in [0.1, 0.15) is 44.2 Å². The van der Waals surface area contributed by atoms with E-state index in [1.807, 2.05) is 26.8 Å². The van der Waals surface area contributed by atoms with E-state index in [9.17, 15) is 9.59 Å². The molecule has 1 aliphatic rings. The molecule has 0 atom stereocenters. The summed E-state index contributed by atoms with van der Waals surface area (Å²) in [5.74, 6) is -0.0286. The Hall–Kier alpha value is -1.91. The third kappa shape index (κ3) is 3.06. The highest BCUT2D eigenvalue weighted by Crippen LogP contribution is 2.23. The van der Waals surface area contributed by atoms with E-state index in [1.165, 1.54) is 0 Å². The smallest absolute Gasteiger partial charge is 0.248 e. The second-order valence-corrected chi connectivity index (χ2v) is 5.62. The standard InChI is InChI=1S/C16H23N3O2/c1-4-16(5-2)15(21)19(9-7-14(20)18-16)11-13-10-17-8-6-12(13)3/h6,8,10H,4-5,7,9,11H2,1-3H3,(H,18,20). The molecule has 1 N–H and O–H groups in total. The zero-order valence-corrected chi connectivity index (χ0v) is 13.0. The van der Waals surface area contributed by atoms with E-state index in [0.717, 1.165) is 11.1 Å². The maximum atomic E-state index is 12.9. The average molecular weight is 289 g/mol. The monoisotopic (exact) mass is 289 g/mol. The van der Waals surface area contributed by atoms with Gasteiger partial charge in [-0.2, -0.15) is 0 Å². The summed E-state index contributed by atoms with van der Waals surface area (Å²) in [6.07, 6.45) is 5.11. The van der Waals surface area contributed by atoms with Gasteiger partial charge in [0.1, 0.15) is 5.54 Å². The molecule has 0 bridgehead atoms. The highest BCUT2D eigenvalue weighted by atomic mass is 16.2. The van der Waals surface area contributed by atoms with Crippen molar-refractivity contribution in [2.24, 2.45) is 0 Å². The molecule has 0 unspecified atom stereocenters. The van der Waals surface area contributed by atoms with Crippen LogP contribution in [-0.2, 0) is 16.1 Å².